The fourth-order valence-electron chi connectivity index (χ4n) is 3.40. The summed E-state index contributed by atoms with van der Waals surface area (Å²) in [7, 11) is 5.57. The average Bonchev–Trinajstić information content (AvgIpc) is 2.75. The number of hydrogen-bond acceptors (Lipinski definition) is 6. The Morgan fingerprint density at radius 3 is 2.67 bits per heavy atom. The number of rotatable bonds is 6. The maximum Gasteiger partial charge on any atom is 0.317 e. The fourth-order valence-corrected chi connectivity index (χ4v) is 3.40. The minimum Gasteiger partial charge on any atom is -0.472 e. The molecule has 1 aliphatic heterocycles. The highest BCUT2D eigenvalue weighted by atomic mass is 16.5. The molecule has 1 aromatic rings. The lowest BCUT2D eigenvalue weighted by Crippen LogP contribution is -2.51. The standard InChI is InChI=1S/C24H37N5O4/c1-16(2)26-24(32)28(7)14-21-17(3)13-29(18(4)15-30)23(31)20-11-19(9-8-10-27(5)6)12-25-22(20)33-21/h11-12,16-18,21,30H,10,13-15H2,1-7H3,(H,26,32)/t17-,18+,21-/m0/s1. The first-order valence-corrected chi connectivity index (χ1v) is 11.3. The van der Waals surface area contributed by atoms with Gasteiger partial charge in [0.1, 0.15) is 11.7 Å². The maximum atomic E-state index is 13.4. The summed E-state index contributed by atoms with van der Waals surface area (Å²) in [4.78, 5) is 35.4. The smallest absolute Gasteiger partial charge is 0.317 e. The van der Waals surface area contributed by atoms with E-state index in [0.717, 1.165) is 0 Å². The van der Waals surface area contributed by atoms with E-state index in [0.29, 0.717) is 30.8 Å². The summed E-state index contributed by atoms with van der Waals surface area (Å²) >= 11 is 0. The third kappa shape index (κ3) is 7.34. The molecule has 2 rings (SSSR count). The topological polar surface area (TPSA) is 98.2 Å². The first-order chi connectivity index (χ1) is 15.5. The first kappa shape index (κ1) is 26.4. The van der Waals surface area contributed by atoms with Crippen LogP contribution in [0.25, 0.3) is 0 Å². The van der Waals surface area contributed by atoms with Crippen molar-refractivity contribution in [3.05, 3.63) is 23.4 Å². The van der Waals surface area contributed by atoms with Crippen LogP contribution in [-0.4, -0.2) is 102 Å². The van der Waals surface area contributed by atoms with Crippen molar-refractivity contribution < 1.29 is 19.4 Å². The van der Waals surface area contributed by atoms with Crippen molar-refractivity contribution in [1.29, 1.82) is 0 Å². The molecule has 0 spiro atoms. The van der Waals surface area contributed by atoms with Gasteiger partial charge in [-0.1, -0.05) is 18.8 Å². The molecule has 0 aliphatic carbocycles. The predicted molar refractivity (Wildman–Crippen MR) is 127 cm³/mol. The number of nitrogens with one attached hydrogen (secondary N) is 1. The summed E-state index contributed by atoms with van der Waals surface area (Å²) in [5, 5.41) is 12.6. The summed E-state index contributed by atoms with van der Waals surface area (Å²) < 4.78 is 6.21. The third-order valence-corrected chi connectivity index (χ3v) is 5.36. The highest BCUT2D eigenvalue weighted by Crippen LogP contribution is 2.27. The van der Waals surface area contributed by atoms with E-state index >= 15 is 0 Å². The number of ether oxygens (including phenoxy) is 1. The summed E-state index contributed by atoms with van der Waals surface area (Å²) in [5.41, 5.74) is 0.917. The van der Waals surface area contributed by atoms with E-state index in [1.807, 2.05) is 39.8 Å². The zero-order chi connectivity index (χ0) is 24.7. The summed E-state index contributed by atoms with van der Waals surface area (Å²) in [6.07, 6.45) is 1.19. The van der Waals surface area contributed by atoms with Gasteiger partial charge in [0, 0.05) is 37.3 Å². The number of likely N-dealkylation sites (N-methyl/N-ethyl adjacent to an activating group) is 1. The van der Waals surface area contributed by atoms with Crippen molar-refractivity contribution in [3.63, 3.8) is 0 Å². The Bertz CT molecular complexity index is 893. The van der Waals surface area contributed by atoms with E-state index in [4.69, 9.17) is 4.74 Å². The van der Waals surface area contributed by atoms with E-state index in [1.165, 1.54) is 0 Å². The number of carbonyl (C=O) groups is 2. The van der Waals surface area contributed by atoms with Crippen LogP contribution in [0.4, 0.5) is 4.79 Å². The number of aliphatic hydroxyl groups is 1. The lowest BCUT2D eigenvalue weighted by atomic mass is 10.00. The van der Waals surface area contributed by atoms with Crippen LogP contribution in [0.2, 0.25) is 0 Å². The Hall–Kier alpha value is -2.83. The van der Waals surface area contributed by atoms with Gasteiger partial charge < -0.3 is 25.0 Å². The second kappa shape index (κ2) is 11.9. The number of aromatic nitrogens is 1. The predicted octanol–water partition coefficient (Wildman–Crippen LogP) is 1.26. The SMILES string of the molecule is CC(C)NC(=O)N(C)C[C@@H]1Oc2ncc(C#CCN(C)C)cc2C(=O)N([C@H](C)CO)C[C@@H]1C. The minimum absolute atomic E-state index is 0.0172. The van der Waals surface area contributed by atoms with Crippen LogP contribution in [0.5, 0.6) is 5.88 Å². The second-order valence-electron chi connectivity index (χ2n) is 9.22. The van der Waals surface area contributed by atoms with E-state index in [1.54, 1.807) is 36.0 Å². The monoisotopic (exact) mass is 459 g/mol. The van der Waals surface area contributed by atoms with Gasteiger partial charge in [0.25, 0.3) is 5.91 Å². The molecule has 9 heteroatoms. The first-order valence-electron chi connectivity index (χ1n) is 11.3. The number of carbonyl (C=O) groups excluding carboxylic acids is 2. The van der Waals surface area contributed by atoms with E-state index in [9.17, 15) is 14.7 Å². The molecule has 1 aromatic heterocycles. The molecule has 0 saturated heterocycles. The molecule has 2 N–H and O–H groups in total. The van der Waals surface area contributed by atoms with Crippen molar-refractivity contribution in [2.75, 3.05) is 47.4 Å². The molecule has 3 amide bonds. The van der Waals surface area contributed by atoms with Gasteiger partial charge in [-0.25, -0.2) is 9.78 Å². The molecule has 2 heterocycles. The Labute approximate surface area is 197 Å². The summed E-state index contributed by atoms with van der Waals surface area (Å²) in [6, 6.07) is 1.13. The number of urea groups is 1. The maximum absolute atomic E-state index is 13.4. The number of nitrogens with zero attached hydrogens (tertiary/aromatic N) is 4. The Kier molecular flexibility index (Phi) is 9.50. The lowest BCUT2D eigenvalue weighted by molar-refractivity contribution is 0.0351. The Morgan fingerprint density at radius 2 is 2.06 bits per heavy atom. The number of aliphatic hydroxyl groups excluding tert-OH is 1. The van der Waals surface area contributed by atoms with Gasteiger partial charge in [-0.15, -0.1) is 0 Å². The molecule has 182 valence electrons. The van der Waals surface area contributed by atoms with Crippen LogP contribution in [0, 0.1) is 17.8 Å². The largest absolute Gasteiger partial charge is 0.472 e. The summed E-state index contributed by atoms with van der Waals surface area (Å²) in [5.74, 6) is 5.93. The van der Waals surface area contributed by atoms with Crippen LogP contribution in [0.3, 0.4) is 0 Å². The van der Waals surface area contributed by atoms with Gasteiger partial charge in [0.15, 0.2) is 0 Å². The van der Waals surface area contributed by atoms with Crippen LogP contribution in [-0.2, 0) is 0 Å². The molecule has 9 nitrogen and oxygen atoms in total. The number of fused-ring (bicyclic) bond motifs is 1. The normalized spacial score (nSPS) is 19.1. The average molecular weight is 460 g/mol. The van der Waals surface area contributed by atoms with E-state index in [-0.39, 0.29) is 42.4 Å². The second-order valence-corrected chi connectivity index (χ2v) is 9.22. The highest BCUT2D eigenvalue weighted by molar-refractivity contribution is 5.97. The quantitative estimate of drug-likeness (QED) is 0.622. The molecule has 0 radical (unpaired) electrons. The van der Waals surface area contributed by atoms with E-state index < -0.39 is 6.10 Å². The van der Waals surface area contributed by atoms with E-state index in [2.05, 4.69) is 22.1 Å². The summed E-state index contributed by atoms with van der Waals surface area (Å²) in [6.45, 7) is 8.69. The van der Waals surface area contributed by atoms with Crippen molar-refractivity contribution in [2.45, 2.75) is 45.9 Å². The number of pyridine rings is 1. The van der Waals surface area contributed by atoms with Crippen LogP contribution in [0.1, 0.15) is 43.6 Å². The van der Waals surface area contributed by atoms with Crippen molar-refractivity contribution in [2.24, 2.45) is 5.92 Å². The molecular formula is C24H37N5O4. The van der Waals surface area contributed by atoms with Crippen molar-refractivity contribution in [3.8, 4) is 17.7 Å². The third-order valence-electron chi connectivity index (χ3n) is 5.36. The molecule has 0 unspecified atom stereocenters. The van der Waals surface area contributed by atoms with Crippen LogP contribution < -0.4 is 10.1 Å². The zero-order valence-electron chi connectivity index (χ0n) is 20.8. The molecule has 33 heavy (non-hydrogen) atoms. The van der Waals surface area contributed by atoms with Gasteiger partial charge in [-0.05, 0) is 40.9 Å². The van der Waals surface area contributed by atoms with Crippen molar-refractivity contribution in [1.82, 2.24) is 25.0 Å². The molecule has 0 aromatic carbocycles. The molecule has 0 saturated carbocycles. The van der Waals surface area contributed by atoms with Gasteiger partial charge in [0.05, 0.1) is 25.7 Å². The number of hydrogen-bond donors (Lipinski definition) is 2. The Balaban J connectivity index is 2.40. The fraction of sp³-hybridized carbons (Fsp3) is 0.625. The number of amides is 3. The Morgan fingerprint density at radius 1 is 1.36 bits per heavy atom. The molecule has 0 fully saturated rings. The molecule has 3 atom stereocenters. The van der Waals surface area contributed by atoms with Gasteiger partial charge in [-0.2, -0.15) is 0 Å². The lowest BCUT2D eigenvalue weighted by Gasteiger charge is -2.37. The molecular weight excluding hydrogens is 422 g/mol. The molecule has 1 aliphatic rings. The van der Waals surface area contributed by atoms with Gasteiger partial charge in [-0.3, -0.25) is 9.69 Å². The van der Waals surface area contributed by atoms with Crippen LogP contribution >= 0.6 is 0 Å². The van der Waals surface area contributed by atoms with Crippen LogP contribution in [0.15, 0.2) is 12.3 Å². The molecule has 0 bridgehead atoms. The zero-order valence-corrected chi connectivity index (χ0v) is 20.8. The van der Waals surface area contributed by atoms with Crippen molar-refractivity contribution >= 4 is 11.9 Å². The van der Waals surface area contributed by atoms with Gasteiger partial charge in [0.2, 0.25) is 5.88 Å². The van der Waals surface area contributed by atoms with Gasteiger partial charge >= 0.3 is 6.03 Å². The minimum atomic E-state index is -0.397. The highest BCUT2D eigenvalue weighted by Gasteiger charge is 2.34.